The zero-order chi connectivity index (χ0) is 16.9. The summed E-state index contributed by atoms with van der Waals surface area (Å²) in [5.74, 6) is 1.28. The molecule has 3 nitrogen and oxygen atoms in total. The smallest absolute Gasteiger partial charge is 0.121 e. The standard InChI is InChI=1S/C20H34O3/c1-14-6-7-15-16(9-12-19(15,4)11-8-14)20(5)13-10-17(22-23-20)18(2,3)21/h8,15-17,21H,6-7,9-13H2,1-5H3. The van der Waals surface area contributed by atoms with E-state index < -0.39 is 5.60 Å². The summed E-state index contributed by atoms with van der Waals surface area (Å²) in [5, 5.41) is 10.2. The molecular formula is C20H34O3. The van der Waals surface area contributed by atoms with Gasteiger partial charge in [-0.05, 0) is 89.9 Å². The second-order valence-electron chi connectivity index (χ2n) is 9.37. The molecule has 0 aromatic carbocycles. The molecule has 2 aliphatic carbocycles. The van der Waals surface area contributed by atoms with E-state index in [4.69, 9.17) is 9.78 Å². The van der Waals surface area contributed by atoms with Crippen LogP contribution in [0.5, 0.6) is 0 Å². The van der Waals surface area contributed by atoms with Crippen LogP contribution in [-0.2, 0) is 9.78 Å². The molecule has 5 atom stereocenters. The van der Waals surface area contributed by atoms with Crippen LogP contribution in [0.3, 0.4) is 0 Å². The van der Waals surface area contributed by atoms with Crippen LogP contribution in [0.2, 0.25) is 0 Å². The quantitative estimate of drug-likeness (QED) is 0.587. The van der Waals surface area contributed by atoms with Crippen molar-refractivity contribution in [2.24, 2.45) is 17.3 Å². The molecule has 2 fully saturated rings. The average Bonchev–Trinajstić information content (AvgIpc) is 2.73. The van der Waals surface area contributed by atoms with Crippen LogP contribution in [-0.4, -0.2) is 22.4 Å². The largest absolute Gasteiger partial charge is 0.388 e. The number of hydrogen-bond donors (Lipinski definition) is 1. The summed E-state index contributed by atoms with van der Waals surface area (Å²) in [6.45, 7) is 10.6. The topological polar surface area (TPSA) is 38.7 Å². The summed E-state index contributed by atoms with van der Waals surface area (Å²) in [7, 11) is 0. The molecule has 0 aromatic heterocycles. The predicted octanol–water partition coefficient (Wildman–Crippen LogP) is 4.79. The second kappa shape index (κ2) is 5.86. The molecule has 3 rings (SSSR count). The fourth-order valence-electron chi connectivity index (χ4n) is 5.18. The van der Waals surface area contributed by atoms with Crippen molar-refractivity contribution in [3.05, 3.63) is 11.6 Å². The maximum Gasteiger partial charge on any atom is 0.121 e. The van der Waals surface area contributed by atoms with E-state index in [0.29, 0.717) is 17.3 Å². The molecule has 1 aliphatic heterocycles. The molecule has 3 heteroatoms. The molecule has 132 valence electrons. The van der Waals surface area contributed by atoms with Gasteiger partial charge in [0.05, 0.1) is 5.60 Å². The van der Waals surface area contributed by atoms with Gasteiger partial charge in [-0.2, -0.15) is 0 Å². The van der Waals surface area contributed by atoms with Gasteiger partial charge in [0.15, 0.2) is 0 Å². The first-order valence-electron chi connectivity index (χ1n) is 9.37. The van der Waals surface area contributed by atoms with Gasteiger partial charge in [0.1, 0.15) is 11.7 Å². The van der Waals surface area contributed by atoms with Crippen LogP contribution < -0.4 is 0 Å². The van der Waals surface area contributed by atoms with Crippen LogP contribution in [0, 0.1) is 17.3 Å². The normalized spacial score (nSPS) is 45.3. The zero-order valence-corrected chi connectivity index (χ0v) is 15.5. The van der Waals surface area contributed by atoms with Crippen LogP contribution in [0.25, 0.3) is 0 Å². The lowest BCUT2D eigenvalue weighted by Crippen LogP contribution is -2.50. The lowest BCUT2D eigenvalue weighted by molar-refractivity contribution is -0.433. The van der Waals surface area contributed by atoms with Crippen LogP contribution in [0.4, 0.5) is 0 Å². The highest BCUT2D eigenvalue weighted by molar-refractivity contribution is 5.11. The third kappa shape index (κ3) is 3.25. The van der Waals surface area contributed by atoms with E-state index in [9.17, 15) is 5.11 Å². The highest BCUT2D eigenvalue weighted by Gasteiger charge is 2.54. The van der Waals surface area contributed by atoms with E-state index in [1.54, 1.807) is 19.4 Å². The van der Waals surface area contributed by atoms with E-state index in [1.807, 2.05) is 0 Å². The molecule has 23 heavy (non-hydrogen) atoms. The molecular weight excluding hydrogens is 288 g/mol. The Morgan fingerprint density at radius 3 is 2.48 bits per heavy atom. The molecule has 0 spiro atoms. The van der Waals surface area contributed by atoms with Crippen molar-refractivity contribution in [3.8, 4) is 0 Å². The van der Waals surface area contributed by atoms with Crippen LogP contribution >= 0.6 is 0 Å². The number of hydrogen-bond acceptors (Lipinski definition) is 3. The minimum atomic E-state index is -0.838. The Balaban J connectivity index is 1.73. The Labute approximate surface area is 141 Å². The van der Waals surface area contributed by atoms with Crippen molar-refractivity contribution in [1.29, 1.82) is 0 Å². The summed E-state index contributed by atoms with van der Waals surface area (Å²) in [5.41, 5.74) is 0.923. The summed E-state index contributed by atoms with van der Waals surface area (Å²) in [6.07, 6.45) is 10.3. The SMILES string of the molecule is CC1=CCC2(C)CCC(C3(C)CCC(C(C)(C)O)OO3)C2CC1. The van der Waals surface area contributed by atoms with E-state index in [2.05, 4.69) is 26.8 Å². The first kappa shape index (κ1) is 17.4. The lowest BCUT2D eigenvalue weighted by Gasteiger charge is -2.46. The van der Waals surface area contributed by atoms with E-state index >= 15 is 0 Å². The molecule has 1 saturated heterocycles. The molecule has 1 heterocycles. The van der Waals surface area contributed by atoms with Crippen LogP contribution in [0.15, 0.2) is 11.6 Å². The minimum absolute atomic E-state index is 0.206. The first-order valence-corrected chi connectivity index (χ1v) is 9.37. The van der Waals surface area contributed by atoms with Crippen molar-refractivity contribution in [1.82, 2.24) is 0 Å². The van der Waals surface area contributed by atoms with Gasteiger partial charge in [-0.15, -0.1) is 0 Å². The molecule has 0 bridgehead atoms. The highest BCUT2D eigenvalue weighted by atomic mass is 17.2. The van der Waals surface area contributed by atoms with Gasteiger partial charge in [-0.3, -0.25) is 0 Å². The fraction of sp³-hybridized carbons (Fsp3) is 0.900. The van der Waals surface area contributed by atoms with Crippen molar-refractivity contribution in [2.75, 3.05) is 0 Å². The second-order valence-corrected chi connectivity index (χ2v) is 9.37. The van der Waals surface area contributed by atoms with Crippen molar-refractivity contribution >= 4 is 0 Å². The molecule has 5 unspecified atom stereocenters. The van der Waals surface area contributed by atoms with Crippen molar-refractivity contribution in [2.45, 2.75) is 96.9 Å². The molecule has 1 saturated carbocycles. The molecule has 0 radical (unpaired) electrons. The molecule has 3 aliphatic rings. The minimum Gasteiger partial charge on any atom is -0.388 e. The van der Waals surface area contributed by atoms with Gasteiger partial charge in [0, 0.05) is 0 Å². The third-order valence-electron chi connectivity index (χ3n) is 7.00. The monoisotopic (exact) mass is 322 g/mol. The number of allylic oxidation sites excluding steroid dienone is 2. The van der Waals surface area contributed by atoms with Gasteiger partial charge in [0.25, 0.3) is 0 Å². The molecule has 0 amide bonds. The Morgan fingerprint density at radius 1 is 1.13 bits per heavy atom. The number of aliphatic hydroxyl groups is 1. The first-order chi connectivity index (χ1) is 10.6. The van der Waals surface area contributed by atoms with E-state index in [-0.39, 0.29) is 11.7 Å². The summed E-state index contributed by atoms with van der Waals surface area (Å²) in [4.78, 5) is 11.6. The van der Waals surface area contributed by atoms with Crippen LogP contribution in [0.1, 0.15) is 79.6 Å². The molecule has 1 N–H and O–H groups in total. The Bertz CT molecular complexity index is 468. The number of fused-ring (bicyclic) bond motifs is 1. The Hall–Kier alpha value is -0.380. The third-order valence-corrected chi connectivity index (χ3v) is 7.00. The maximum absolute atomic E-state index is 10.2. The number of rotatable bonds is 2. The van der Waals surface area contributed by atoms with Crippen molar-refractivity contribution in [3.63, 3.8) is 0 Å². The fourth-order valence-corrected chi connectivity index (χ4v) is 5.18. The highest BCUT2D eigenvalue weighted by Crippen LogP contribution is 2.58. The molecule has 0 aromatic rings. The predicted molar refractivity (Wildman–Crippen MR) is 91.8 cm³/mol. The maximum atomic E-state index is 10.2. The zero-order valence-electron chi connectivity index (χ0n) is 15.5. The Kier molecular flexibility index (Phi) is 4.44. The summed E-state index contributed by atoms with van der Waals surface area (Å²) < 4.78 is 0. The van der Waals surface area contributed by atoms with Gasteiger partial charge in [-0.1, -0.05) is 18.6 Å². The van der Waals surface area contributed by atoms with E-state index in [0.717, 1.165) is 12.8 Å². The Morgan fingerprint density at radius 2 is 1.87 bits per heavy atom. The van der Waals surface area contributed by atoms with Gasteiger partial charge in [-0.25, -0.2) is 9.78 Å². The van der Waals surface area contributed by atoms with Crippen molar-refractivity contribution < 1.29 is 14.9 Å². The van der Waals surface area contributed by atoms with Gasteiger partial charge in [0.2, 0.25) is 0 Å². The average molecular weight is 322 g/mol. The summed E-state index contributed by atoms with van der Waals surface area (Å²) >= 11 is 0. The summed E-state index contributed by atoms with van der Waals surface area (Å²) in [6, 6.07) is 0. The lowest BCUT2D eigenvalue weighted by atomic mass is 9.68. The van der Waals surface area contributed by atoms with E-state index in [1.165, 1.54) is 32.1 Å². The van der Waals surface area contributed by atoms with Gasteiger partial charge < -0.3 is 5.11 Å². The van der Waals surface area contributed by atoms with Gasteiger partial charge >= 0.3 is 0 Å².